The normalized spacial score (nSPS) is 14.1. The summed E-state index contributed by atoms with van der Waals surface area (Å²) in [6, 6.07) is 8.73. The lowest BCUT2D eigenvalue weighted by Crippen LogP contribution is -2.37. The van der Waals surface area contributed by atoms with Crippen molar-refractivity contribution < 1.29 is 0 Å². The van der Waals surface area contributed by atoms with Crippen LogP contribution < -0.4 is 15.5 Å². The van der Waals surface area contributed by atoms with Crippen LogP contribution in [0.3, 0.4) is 0 Å². The van der Waals surface area contributed by atoms with E-state index in [-0.39, 0.29) is 0 Å². The Morgan fingerprint density at radius 1 is 1.15 bits per heavy atom. The molecule has 0 saturated heterocycles. The quantitative estimate of drug-likeness (QED) is 0.467. The third-order valence-electron chi connectivity index (χ3n) is 4.51. The number of thiazole rings is 1. The van der Waals surface area contributed by atoms with E-state index in [1.807, 2.05) is 0 Å². The fourth-order valence-corrected chi connectivity index (χ4v) is 3.79. The van der Waals surface area contributed by atoms with Crippen molar-refractivity contribution in [3.63, 3.8) is 0 Å². The lowest BCUT2D eigenvalue weighted by molar-refractivity contribution is 0.791. The van der Waals surface area contributed by atoms with E-state index in [0.29, 0.717) is 0 Å². The first kappa shape index (κ1) is 18.5. The second-order valence-corrected chi connectivity index (χ2v) is 7.68. The Kier molecular flexibility index (Phi) is 6.28. The molecule has 1 aromatic heterocycles. The highest BCUT2D eigenvalue weighted by atomic mass is 32.1. The number of nitrogens with one attached hydrogen (secondary N) is 2. The number of nitrogens with zero attached hydrogens (tertiary/aromatic N) is 3. The number of aromatic nitrogens is 1. The molecule has 0 aliphatic carbocycles. The maximum Gasteiger partial charge on any atom is 0.191 e. The van der Waals surface area contributed by atoms with Crippen molar-refractivity contribution >= 4 is 23.0 Å². The van der Waals surface area contributed by atoms with Gasteiger partial charge in [0, 0.05) is 50.2 Å². The maximum absolute atomic E-state index is 4.58. The minimum atomic E-state index is 0.758. The van der Waals surface area contributed by atoms with E-state index in [4.69, 9.17) is 0 Å². The number of aliphatic imine (C=N–C) groups is 1. The summed E-state index contributed by atoms with van der Waals surface area (Å²) >= 11 is 1.78. The largest absolute Gasteiger partial charge is 0.364 e. The number of guanidine groups is 1. The molecule has 0 amide bonds. The average molecular weight is 370 g/mol. The first-order valence-corrected chi connectivity index (χ1v) is 9.83. The SMILES string of the molecule is CN=C(NCCc1nc(C)c(C)s1)NCc1ccc(N2CC=CC2)cc1. The molecule has 1 aromatic carbocycles. The average Bonchev–Trinajstić information content (AvgIpc) is 3.29. The molecule has 2 N–H and O–H groups in total. The molecule has 2 aromatic rings. The van der Waals surface area contributed by atoms with Gasteiger partial charge in [0.25, 0.3) is 0 Å². The minimum absolute atomic E-state index is 0.758. The van der Waals surface area contributed by atoms with Gasteiger partial charge in [-0.3, -0.25) is 4.99 Å². The minimum Gasteiger partial charge on any atom is -0.364 e. The zero-order chi connectivity index (χ0) is 18.4. The molecule has 5 nitrogen and oxygen atoms in total. The summed E-state index contributed by atoms with van der Waals surface area (Å²) in [5.41, 5.74) is 3.66. The summed E-state index contributed by atoms with van der Waals surface area (Å²) in [4.78, 5) is 12.5. The van der Waals surface area contributed by atoms with E-state index in [1.54, 1.807) is 18.4 Å². The fourth-order valence-electron chi connectivity index (χ4n) is 2.85. The van der Waals surface area contributed by atoms with Crippen molar-refractivity contribution in [3.05, 3.63) is 57.6 Å². The summed E-state index contributed by atoms with van der Waals surface area (Å²) in [6.07, 6.45) is 5.33. The van der Waals surface area contributed by atoms with Gasteiger partial charge in [0.05, 0.1) is 10.7 Å². The third-order valence-corrected chi connectivity index (χ3v) is 5.64. The van der Waals surface area contributed by atoms with Crippen LogP contribution in [-0.2, 0) is 13.0 Å². The van der Waals surface area contributed by atoms with Crippen LogP contribution in [0.4, 0.5) is 5.69 Å². The van der Waals surface area contributed by atoms with Gasteiger partial charge in [-0.2, -0.15) is 0 Å². The van der Waals surface area contributed by atoms with Crippen LogP contribution in [0.15, 0.2) is 41.4 Å². The van der Waals surface area contributed by atoms with Crippen molar-refractivity contribution in [2.45, 2.75) is 26.8 Å². The van der Waals surface area contributed by atoms with Gasteiger partial charge in [0.2, 0.25) is 0 Å². The molecule has 0 atom stereocenters. The second kappa shape index (κ2) is 8.85. The highest BCUT2D eigenvalue weighted by Gasteiger charge is 2.07. The van der Waals surface area contributed by atoms with Crippen molar-refractivity contribution in [1.29, 1.82) is 0 Å². The van der Waals surface area contributed by atoms with Crippen LogP contribution in [-0.4, -0.2) is 37.6 Å². The van der Waals surface area contributed by atoms with Gasteiger partial charge in [-0.05, 0) is 31.5 Å². The third kappa shape index (κ3) is 4.85. The van der Waals surface area contributed by atoms with E-state index in [1.165, 1.54) is 21.1 Å². The number of rotatable bonds is 6. The van der Waals surface area contributed by atoms with Gasteiger partial charge in [-0.15, -0.1) is 11.3 Å². The molecular weight excluding hydrogens is 342 g/mol. The van der Waals surface area contributed by atoms with Crippen LogP contribution >= 0.6 is 11.3 Å². The second-order valence-electron chi connectivity index (χ2n) is 6.39. The number of hydrogen-bond donors (Lipinski definition) is 2. The highest BCUT2D eigenvalue weighted by Crippen LogP contribution is 2.18. The smallest absolute Gasteiger partial charge is 0.191 e. The van der Waals surface area contributed by atoms with Crippen LogP contribution in [0.2, 0.25) is 0 Å². The zero-order valence-electron chi connectivity index (χ0n) is 15.7. The van der Waals surface area contributed by atoms with Gasteiger partial charge in [0.15, 0.2) is 5.96 Å². The number of aryl methyl sites for hydroxylation is 2. The van der Waals surface area contributed by atoms with Crippen molar-refractivity contribution in [1.82, 2.24) is 15.6 Å². The first-order valence-electron chi connectivity index (χ1n) is 9.02. The summed E-state index contributed by atoms with van der Waals surface area (Å²) in [5.74, 6) is 0.822. The topological polar surface area (TPSA) is 52.6 Å². The van der Waals surface area contributed by atoms with E-state index in [0.717, 1.165) is 44.3 Å². The monoisotopic (exact) mass is 369 g/mol. The van der Waals surface area contributed by atoms with Gasteiger partial charge < -0.3 is 15.5 Å². The Morgan fingerprint density at radius 2 is 1.88 bits per heavy atom. The van der Waals surface area contributed by atoms with E-state index in [9.17, 15) is 0 Å². The summed E-state index contributed by atoms with van der Waals surface area (Å²) in [6.45, 7) is 7.78. The summed E-state index contributed by atoms with van der Waals surface area (Å²) < 4.78 is 0. The van der Waals surface area contributed by atoms with E-state index in [2.05, 4.69) is 75.8 Å². The van der Waals surface area contributed by atoms with Crippen molar-refractivity contribution in [2.24, 2.45) is 4.99 Å². The summed E-state index contributed by atoms with van der Waals surface area (Å²) in [5, 5.41) is 7.91. The Bertz CT molecular complexity index is 748. The standard InChI is InChI=1S/C20H27N5S/c1-15-16(2)26-19(24-15)10-11-22-20(21-3)23-14-17-6-8-18(9-7-17)25-12-4-5-13-25/h4-9H,10-14H2,1-3H3,(H2,21,22,23). The molecule has 0 saturated carbocycles. The Labute approximate surface area is 159 Å². The predicted octanol–water partition coefficient (Wildman–Crippen LogP) is 3.04. The summed E-state index contributed by atoms with van der Waals surface area (Å²) in [7, 11) is 1.80. The van der Waals surface area contributed by atoms with E-state index >= 15 is 0 Å². The molecule has 0 spiro atoms. The van der Waals surface area contributed by atoms with Gasteiger partial charge >= 0.3 is 0 Å². The van der Waals surface area contributed by atoms with E-state index < -0.39 is 0 Å². The van der Waals surface area contributed by atoms with Crippen LogP contribution in [0.1, 0.15) is 21.1 Å². The molecule has 0 fully saturated rings. The molecule has 3 rings (SSSR count). The number of anilines is 1. The van der Waals surface area contributed by atoms with Crippen LogP contribution in [0.25, 0.3) is 0 Å². The number of hydrogen-bond acceptors (Lipinski definition) is 4. The fraction of sp³-hybridized carbons (Fsp3) is 0.400. The molecule has 138 valence electrons. The van der Waals surface area contributed by atoms with Crippen LogP contribution in [0.5, 0.6) is 0 Å². The Morgan fingerprint density at radius 3 is 2.50 bits per heavy atom. The highest BCUT2D eigenvalue weighted by molar-refractivity contribution is 7.11. The molecule has 6 heteroatoms. The number of benzene rings is 1. The zero-order valence-corrected chi connectivity index (χ0v) is 16.6. The van der Waals surface area contributed by atoms with Gasteiger partial charge in [0.1, 0.15) is 0 Å². The molecule has 1 aliphatic heterocycles. The van der Waals surface area contributed by atoms with Crippen molar-refractivity contribution in [3.8, 4) is 0 Å². The molecule has 1 aliphatic rings. The lowest BCUT2D eigenvalue weighted by atomic mass is 10.2. The molecule has 2 heterocycles. The molecule has 0 radical (unpaired) electrons. The predicted molar refractivity (Wildman–Crippen MR) is 111 cm³/mol. The molecule has 0 unspecified atom stereocenters. The molecule has 0 bridgehead atoms. The molecule has 26 heavy (non-hydrogen) atoms. The Balaban J connectivity index is 1.43. The maximum atomic E-state index is 4.58. The lowest BCUT2D eigenvalue weighted by Gasteiger charge is -2.18. The molecular formula is C20H27N5S. The Hall–Kier alpha value is -2.34. The van der Waals surface area contributed by atoms with Crippen molar-refractivity contribution in [2.75, 3.05) is 31.6 Å². The van der Waals surface area contributed by atoms with Gasteiger partial charge in [-0.1, -0.05) is 24.3 Å². The first-order chi connectivity index (χ1) is 12.7. The van der Waals surface area contributed by atoms with Crippen LogP contribution in [0, 0.1) is 13.8 Å². The van der Waals surface area contributed by atoms with Gasteiger partial charge in [-0.25, -0.2) is 4.98 Å².